The Kier molecular flexibility index (Phi) is 9.07. The van der Waals surface area contributed by atoms with E-state index in [1.165, 1.54) is 24.3 Å². The number of hydrogen-bond donors (Lipinski definition) is 1. The highest BCUT2D eigenvalue weighted by Crippen LogP contribution is 2.34. The van der Waals surface area contributed by atoms with Crippen molar-refractivity contribution in [3.63, 3.8) is 0 Å². The summed E-state index contributed by atoms with van der Waals surface area (Å²) in [6.45, 7) is 3.88. The fourth-order valence-electron chi connectivity index (χ4n) is 5.95. The second-order valence-electron chi connectivity index (χ2n) is 12.2. The number of carbonyl (C=O) groups excluding carboxylic acids is 2. The van der Waals surface area contributed by atoms with Gasteiger partial charge in [-0.1, -0.05) is 109 Å². The van der Waals surface area contributed by atoms with Crippen molar-refractivity contribution in [2.75, 3.05) is 4.90 Å². The Morgan fingerprint density at radius 2 is 1.06 bits per heavy atom. The molecule has 0 aliphatic carbocycles. The third-order valence-electron chi connectivity index (χ3n) is 8.72. The lowest BCUT2D eigenvalue weighted by molar-refractivity contribution is -0.123. The molecule has 5 aromatic carbocycles. The minimum Gasteiger partial charge on any atom is -0.305 e. The summed E-state index contributed by atoms with van der Waals surface area (Å²) in [4.78, 5) is 30.2. The topological polar surface area (TPSA) is 86.8 Å². The number of imide groups is 1. The predicted octanol–water partition coefficient (Wildman–Crippen LogP) is 7.09. The smallest absolute Gasteiger partial charge is 0.305 e. The normalized spacial score (nSPS) is 14.5. The van der Waals surface area contributed by atoms with Gasteiger partial charge in [-0.05, 0) is 84.3 Å². The summed E-state index contributed by atoms with van der Waals surface area (Å²) in [6.07, 6.45) is 1.40. The summed E-state index contributed by atoms with van der Waals surface area (Å²) in [5.74, 6) is -0.369. The maximum absolute atomic E-state index is 13.8. The highest BCUT2D eigenvalue weighted by molar-refractivity contribution is 7.89. The van der Waals surface area contributed by atoms with Gasteiger partial charge in [0.1, 0.15) is 5.54 Å². The molecule has 8 heteroatoms. The molecular formula is C39H37N3O4S. The van der Waals surface area contributed by atoms with Gasteiger partial charge in [-0.3, -0.25) is 4.79 Å². The molecule has 0 bridgehead atoms. The number of nitrogens with zero attached hydrogens (tertiary/aromatic N) is 2. The number of rotatable bonds is 11. The van der Waals surface area contributed by atoms with Gasteiger partial charge in [0.05, 0.1) is 10.6 Å². The van der Waals surface area contributed by atoms with E-state index < -0.39 is 21.6 Å². The van der Waals surface area contributed by atoms with Crippen LogP contribution in [-0.4, -0.2) is 30.8 Å². The number of urea groups is 1. The van der Waals surface area contributed by atoms with Crippen LogP contribution < -0.4 is 9.62 Å². The lowest BCUT2D eigenvalue weighted by Gasteiger charge is -2.28. The van der Waals surface area contributed by atoms with Crippen LogP contribution in [0.5, 0.6) is 0 Å². The van der Waals surface area contributed by atoms with Crippen LogP contribution in [0.15, 0.2) is 138 Å². The molecule has 0 radical (unpaired) electrons. The molecule has 5 aromatic rings. The fourth-order valence-corrected chi connectivity index (χ4v) is 6.95. The predicted molar refractivity (Wildman–Crippen MR) is 184 cm³/mol. The number of amides is 3. The van der Waals surface area contributed by atoms with Crippen LogP contribution in [0, 0.1) is 0 Å². The number of carbonyl (C=O) groups is 2. The first-order valence-electron chi connectivity index (χ1n) is 15.6. The Balaban J connectivity index is 1.17. The SMILES string of the molecule is CC1(C)C(=O)N(c2ccc(S(=O)(=O)NCc3ccccc3Cc3ccccc3)cc2)C(=O)N1Cc1ccccc1Cc1ccccc1. The Labute approximate surface area is 276 Å². The molecule has 1 aliphatic rings. The van der Waals surface area contributed by atoms with Crippen LogP contribution in [0.2, 0.25) is 0 Å². The first-order chi connectivity index (χ1) is 22.6. The molecule has 6 rings (SSSR count). The minimum absolute atomic E-state index is 0.0480. The zero-order valence-corrected chi connectivity index (χ0v) is 27.3. The number of anilines is 1. The van der Waals surface area contributed by atoms with Crippen molar-refractivity contribution in [3.05, 3.63) is 167 Å². The van der Waals surface area contributed by atoms with Gasteiger partial charge >= 0.3 is 6.03 Å². The van der Waals surface area contributed by atoms with E-state index in [0.717, 1.165) is 38.3 Å². The van der Waals surface area contributed by atoms with E-state index in [9.17, 15) is 18.0 Å². The number of hydrogen-bond acceptors (Lipinski definition) is 4. The van der Waals surface area contributed by atoms with Crippen molar-refractivity contribution in [1.82, 2.24) is 9.62 Å². The zero-order chi connectivity index (χ0) is 33.0. The first kappa shape index (κ1) is 31.9. The minimum atomic E-state index is -3.87. The summed E-state index contributed by atoms with van der Waals surface area (Å²) >= 11 is 0. The van der Waals surface area contributed by atoms with Gasteiger partial charge in [0.2, 0.25) is 10.0 Å². The Bertz CT molecular complexity index is 1990. The van der Waals surface area contributed by atoms with Gasteiger partial charge in [-0.15, -0.1) is 0 Å². The van der Waals surface area contributed by atoms with Crippen LogP contribution in [0.3, 0.4) is 0 Å². The fraction of sp³-hybridized carbons (Fsp3) is 0.179. The van der Waals surface area contributed by atoms with E-state index in [0.29, 0.717) is 18.5 Å². The molecule has 1 fully saturated rings. The highest BCUT2D eigenvalue weighted by Gasteiger charge is 2.51. The standard InChI is InChI=1S/C39H37N3O4S/c1-39(2)37(43)42(38(44)41(39)28-34-20-12-10-18-32(34)26-30-15-7-4-8-16-30)35-21-23-36(24-22-35)47(45,46)40-27-33-19-11-9-17-31(33)25-29-13-5-3-6-14-29/h3-24,40H,25-28H2,1-2H3. The number of nitrogens with one attached hydrogen (secondary N) is 1. The van der Waals surface area contributed by atoms with Crippen molar-refractivity contribution >= 4 is 27.6 Å². The van der Waals surface area contributed by atoms with Crippen molar-refractivity contribution < 1.29 is 18.0 Å². The Morgan fingerprint density at radius 3 is 1.62 bits per heavy atom. The first-order valence-corrected chi connectivity index (χ1v) is 17.1. The van der Waals surface area contributed by atoms with Crippen LogP contribution in [-0.2, 0) is 40.7 Å². The van der Waals surface area contributed by atoms with E-state index in [2.05, 4.69) is 16.9 Å². The summed E-state index contributed by atoms with van der Waals surface area (Å²) in [5, 5.41) is 0. The van der Waals surface area contributed by atoms with Crippen LogP contribution in [0.1, 0.15) is 47.2 Å². The quantitative estimate of drug-likeness (QED) is 0.156. The maximum atomic E-state index is 13.8. The lowest BCUT2D eigenvalue weighted by atomic mass is 9.97. The van der Waals surface area contributed by atoms with Crippen molar-refractivity contribution in [3.8, 4) is 0 Å². The van der Waals surface area contributed by atoms with E-state index in [1.54, 1.807) is 18.7 Å². The van der Waals surface area contributed by atoms with Gasteiger partial charge in [-0.2, -0.15) is 0 Å². The van der Waals surface area contributed by atoms with Crippen LogP contribution in [0.4, 0.5) is 10.5 Å². The Morgan fingerprint density at radius 1 is 0.596 bits per heavy atom. The van der Waals surface area contributed by atoms with Gasteiger partial charge in [0.15, 0.2) is 0 Å². The van der Waals surface area contributed by atoms with Gasteiger partial charge < -0.3 is 4.90 Å². The second kappa shape index (κ2) is 13.4. The molecule has 1 N–H and O–H groups in total. The molecular weight excluding hydrogens is 607 g/mol. The van der Waals surface area contributed by atoms with Crippen molar-refractivity contribution in [2.24, 2.45) is 0 Å². The summed E-state index contributed by atoms with van der Waals surface area (Å²) in [6, 6.07) is 41.3. The average Bonchev–Trinajstić information content (AvgIpc) is 3.25. The average molecular weight is 644 g/mol. The molecule has 3 amide bonds. The molecule has 7 nitrogen and oxygen atoms in total. The Hall–Kier alpha value is -5.05. The molecule has 1 heterocycles. The third-order valence-corrected chi connectivity index (χ3v) is 10.1. The molecule has 1 aliphatic heterocycles. The molecule has 0 saturated carbocycles. The number of sulfonamides is 1. The lowest BCUT2D eigenvalue weighted by Crippen LogP contribution is -2.43. The van der Waals surface area contributed by atoms with Gasteiger partial charge in [0.25, 0.3) is 5.91 Å². The molecule has 238 valence electrons. The van der Waals surface area contributed by atoms with Crippen molar-refractivity contribution in [2.45, 2.75) is 50.2 Å². The summed E-state index contributed by atoms with van der Waals surface area (Å²) < 4.78 is 29.3. The molecule has 0 spiro atoms. The zero-order valence-electron chi connectivity index (χ0n) is 26.5. The molecule has 47 heavy (non-hydrogen) atoms. The van der Waals surface area contributed by atoms with E-state index in [4.69, 9.17) is 0 Å². The molecule has 0 atom stereocenters. The summed E-state index contributed by atoms with van der Waals surface area (Å²) in [5.41, 5.74) is 5.49. The van der Waals surface area contributed by atoms with E-state index in [1.807, 2.05) is 97.1 Å². The third kappa shape index (κ3) is 6.89. The largest absolute Gasteiger partial charge is 0.332 e. The molecule has 0 unspecified atom stereocenters. The maximum Gasteiger partial charge on any atom is 0.332 e. The van der Waals surface area contributed by atoms with Gasteiger partial charge in [0, 0.05) is 13.1 Å². The van der Waals surface area contributed by atoms with Crippen molar-refractivity contribution in [1.29, 1.82) is 0 Å². The second-order valence-corrected chi connectivity index (χ2v) is 14.0. The van der Waals surface area contributed by atoms with Crippen LogP contribution >= 0.6 is 0 Å². The summed E-state index contributed by atoms with van der Waals surface area (Å²) in [7, 11) is -3.87. The van der Waals surface area contributed by atoms with E-state index >= 15 is 0 Å². The van der Waals surface area contributed by atoms with E-state index in [-0.39, 0.29) is 23.9 Å². The molecule has 0 aromatic heterocycles. The monoisotopic (exact) mass is 643 g/mol. The highest BCUT2D eigenvalue weighted by atomic mass is 32.2. The molecule has 1 saturated heterocycles. The van der Waals surface area contributed by atoms with Crippen LogP contribution in [0.25, 0.3) is 0 Å². The van der Waals surface area contributed by atoms with Gasteiger partial charge in [-0.25, -0.2) is 22.8 Å². The number of benzene rings is 5.